The van der Waals surface area contributed by atoms with Crippen molar-refractivity contribution in [2.24, 2.45) is 0 Å². The average molecular weight is 562 g/mol. The number of rotatable bonds is 9. The first-order valence-corrected chi connectivity index (χ1v) is 16.2. The van der Waals surface area contributed by atoms with Crippen molar-refractivity contribution in [1.82, 2.24) is 0 Å². The van der Waals surface area contributed by atoms with E-state index in [2.05, 4.69) is 61.2 Å². The number of anilines is 1. The monoisotopic (exact) mass is 561 g/mol. The van der Waals surface area contributed by atoms with Gasteiger partial charge in [0.05, 0.1) is 18.0 Å². The predicted octanol–water partition coefficient (Wildman–Crippen LogP) is 6.14. The lowest BCUT2D eigenvalue weighted by Gasteiger charge is -2.39. The SMILES string of the molecule is CC(C)(C)[Si](C)(C)O[C@@H](CI)c1ccc(OCc2ccccc2)c(NS(C)(=O)=O)c1. The first-order valence-electron chi connectivity index (χ1n) is 9.84. The van der Waals surface area contributed by atoms with Gasteiger partial charge in [-0.25, -0.2) is 8.42 Å². The summed E-state index contributed by atoms with van der Waals surface area (Å²) in [7, 11) is -5.44. The van der Waals surface area contributed by atoms with Crippen molar-refractivity contribution < 1.29 is 17.6 Å². The van der Waals surface area contributed by atoms with Gasteiger partial charge in [-0.05, 0) is 41.4 Å². The number of hydrogen-bond donors (Lipinski definition) is 1. The standard InChI is InChI=1S/C22H32INO4SSi/c1-22(2,3)30(5,6)28-21(15-23)18-12-13-20(19(14-18)24-29(4,25)26)27-16-17-10-8-7-9-11-17/h7-14,21,24H,15-16H2,1-6H3/t21-/m0/s1. The maximum atomic E-state index is 11.9. The van der Waals surface area contributed by atoms with Gasteiger partial charge in [-0.2, -0.15) is 0 Å². The lowest BCUT2D eigenvalue weighted by Crippen LogP contribution is -2.42. The van der Waals surface area contributed by atoms with Gasteiger partial charge in [-0.15, -0.1) is 0 Å². The molecule has 0 aromatic heterocycles. The van der Waals surface area contributed by atoms with Crippen LogP contribution in [-0.2, 0) is 21.1 Å². The zero-order chi connectivity index (χ0) is 22.6. The number of benzene rings is 2. The minimum atomic E-state index is -3.45. The van der Waals surface area contributed by atoms with Crippen LogP contribution in [0.1, 0.15) is 38.0 Å². The maximum absolute atomic E-state index is 11.9. The fourth-order valence-corrected chi connectivity index (χ4v) is 5.48. The zero-order valence-electron chi connectivity index (χ0n) is 18.5. The van der Waals surface area contributed by atoms with Crippen LogP contribution in [0.4, 0.5) is 5.69 Å². The Bertz CT molecular complexity index is 943. The van der Waals surface area contributed by atoms with Crippen molar-refractivity contribution in [2.45, 2.75) is 51.6 Å². The fraction of sp³-hybridized carbons (Fsp3) is 0.455. The van der Waals surface area contributed by atoms with E-state index in [4.69, 9.17) is 9.16 Å². The van der Waals surface area contributed by atoms with Crippen LogP contribution in [0.5, 0.6) is 5.75 Å². The summed E-state index contributed by atoms with van der Waals surface area (Å²) < 4.78 is 39.8. The van der Waals surface area contributed by atoms with Crippen LogP contribution in [0.15, 0.2) is 48.5 Å². The van der Waals surface area contributed by atoms with Gasteiger partial charge >= 0.3 is 0 Å². The lowest BCUT2D eigenvalue weighted by atomic mass is 10.1. The summed E-state index contributed by atoms with van der Waals surface area (Å²) in [4.78, 5) is 0. The van der Waals surface area contributed by atoms with E-state index in [1.165, 1.54) is 0 Å². The van der Waals surface area contributed by atoms with Crippen LogP contribution in [0, 0.1) is 0 Å². The van der Waals surface area contributed by atoms with Crippen molar-refractivity contribution in [3.63, 3.8) is 0 Å². The molecule has 0 heterocycles. The normalized spacial score (nSPS) is 13.7. The quantitative estimate of drug-likeness (QED) is 0.227. The minimum Gasteiger partial charge on any atom is -0.487 e. The number of halogens is 1. The Kier molecular flexibility index (Phi) is 8.40. The molecule has 0 amide bonds. The van der Waals surface area contributed by atoms with Crippen molar-refractivity contribution in [3.05, 3.63) is 59.7 Å². The highest BCUT2D eigenvalue weighted by molar-refractivity contribution is 14.1. The van der Waals surface area contributed by atoms with Crippen LogP contribution >= 0.6 is 22.6 Å². The molecule has 0 aliphatic heterocycles. The third-order valence-corrected chi connectivity index (χ3v) is 11.2. The smallest absolute Gasteiger partial charge is 0.229 e. The molecule has 0 aliphatic carbocycles. The summed E-state index contributed by atoms with van der Waals surface area (Å²) in [5.41, 5.74) is 2.38. The molecule has 0 spiro atoms. The lowest BCUT2D eigenvalue weighted by molar-refractivity contribution is 0.210. The van der Waals surface area contributed by atoms with Crippen LogP contribution in [-0.4, -0.2) is 27.4 Å². The van der Waals surface area contributed by atoms with Crippen molar-refractivity contribution in [2.75, 3.05) is 15.4 Å². The van der Waals surface area contributed by atoms with Gasteiger partial charge in [0.15, 0.2) is 8.32 Å². The van der Waals surface area contributed by atoms with Gasteiger partial charge < -0.3 is 9.16 Å². The molecule has 30 heavy (non-hydrogen) atoms. The molecule has 0 aliphatic rings. The molecule has 0 saturated heterocycles. The molecule has 8 heteroatoms. The summed E-state index contributed by atoms with van der Waals surface area (Å²) in [6, 6.07) is 15.4. The largest absolute Gasteiger partial charge is 0.487 e. The van der Waals surface area contributed by atoms with Crippen molar-refractivity contribution >= 4 is 46.6 Å². The second-order valence-corrected chi connectivity index (χ2v) is 16.3. The van der Waals surface area contributed by atoms with E-state index >= 15 is 0 Å². The number of sulfonamides is 1. The second-order valence-electron chi connectivity index (χ2n) is 8.93. The molecule has 0 fully saturated rings. The second kappa shape index (κ2) is 10.0. The molecule has 0 saturated carbocycles. The topological polar surface area (TPSA) is 64.6 Å². The van der Waals surface area contributed by atoms with Crippen LogP contribution < -0.4 is 9.46 Å². The molecule has 5 nitrogen and oxygen atoms in total. The number of ether oxygens (including phenoxy) is 1. The molecule has 1 atom stereocenters. The molecule has 0 radical (unpaired) electrons. The summed E-state index contributed by atoms with van der Waals surface area (Å²) in [5.74, 6) is 0.493. The van der Waals surface area contributed by atoms with E-state index in [9.17, 15) is 8.42 Å². The summed E-state index contributed by atoms with van der Waals surface area (Å²) in [5, 5.41) is 0.0869. The first-order chi connectivity index (χ1) is 13.8. The van der Waals surface area contributed by atoms with Gasteiger partial charge in [0.2, 0.25) is 10.0 Å². The Morgan fingerprint density at radius 1 is 1.10 bits per heavy atom. The summed E-state index contributed by atoms with van der Waals surface area (Å²) in [6.45, 7) is 11.4. The van der Waals surface area contributed by atoms with Crippen LogP contribution in [0.25, 0.3) is 0 Å². The van der Waals surface area contributed by atoms with Gasteiger partial charge in [0.1, 0.15) is 12.4 Å². The molecule has 0 bridgehead atoms. The first kappa shape index (κ1) is 25.2. The Hall–Kier alpha value is -1.10. The third-order valence-electron chi connectivity index (χ3n) is 5.29. The van der Waals surface area contributed by atoms with E-state index < -0.39 is 18.3 Å². The molecule has 2 aromatic rings. The highest BCUT2D eigenvalue weighted by atomic mass is 127. The molecule has 2 rings (SSSR count). The molecule has 1 N–H and O–H groups in total. The van der Waals surface area contributed by atoms with E-state index in [1.54, 1.807) is 0 Å². The minimum absolute atomic E-state index is 0.0869. The van der Waals surface area contributed by atoms with Crippen molar-refractivity contribution in [3.8, 4) is 5.75 Å². The third kappa shape index (κ3) is 7.25. The van der Waals surface area contributed by atoms with Gasteiger partial charge in [0, 0.05) is 4.43 Å². The Labute approximate surface area is 195 Å². The number of nitrogens with one attached hydrogen (secondary N) is 1. The van der Waals surface area contributed by atoms with E-state index in [0.717, 1.165) is 21.8 Å². The fourth-order valence-electron chi connectivity index (χ4n) is 2.61. The van der Waals surface area contributed by atoms with Crippen LogP contribution in [0.2, 0.25) is 18.1 Å². The van der Waals surface area contributed by atoms with E-state index in [1.807, 2.05) is 48.5 Å². The molecule has 2 aromatic carbocycles. The molecular formula is C22H32INO4SSi. The summed E-state index contributed by atoms with van der Waals surface area (Å²) in [6.07, 6.45) is 1.03. The average Bonchev–Trinajstić information content (AvgIpc) is 2.63. The van der Waals surface area contributed by atoms with Crippen molar-refractivity contribution in [1.29, 1.82) is 0 Å². The molecule has 166 valence electrons. The maximum Gasteiger partial charge on any atom is 0.229 e. The highest BCUT2D eigenvalue weighted by Gasteiger charge is 2.39. The van der Waals surface area contributed by atoms with E-state index in [0.29, 0.717) is 18.0 Å². The number of hydrogen-bond acceptors (Lipinski definition) is 4. The van der Waals surface area contributed by atoms with Crippen LogP contribution in [0.3, 0.4) is 0 Å². The zero-order valence-corrected chi connectivity index (χ0v) is 22.5. The number of alkyl halides is 1. The predicted molar refractivity (Wildman–Crippen MR) is 136 cm³/mol. The Morgan fingerprint density at radius 2 is 1.73 bits per heavy atom. The summed E-state index contributed by atoms with van der Waals surface area (Å²) >= 11 is 2.32. The Balaban J connectivity index is 2.33. The molecular weight excluding hydrogens is 529 g/mol. The van der Waals surface area contributed by atoms with E-state index in [-0.39, 0.29) is 11.1 Å². The van der Waals surface area contributed by atoms with Gasteiger partial charge in [-0.3, -0.25) is 4.72 Å². The van der Waals surface area contributed by atoms with Gasteiger partial charge in [0.25, 0.3) is 0 Å². The Morgan fingerprint density at radius 3 is 2.27 bits per heavy atom. The highest BCUT2D eigenvalue weighted by Crippen LogP contribution is 2.41. The molecule has 0 unspecified atom stereocenters. The van der Waals surface area contributed by atoms with Gasteiger partial charge in [-0.1, -0.05) is 79.8 Å².